The van der Waals surface area contributed by atoms with E-state index in [1.807, 2.05) is 11.5 Å². The zero-order valence-electron chi connectivity index (χ0n) is 18.0. The van der Waals surface area contributed by atoms with E-state index in [0.717, 1.165) is 42.2 Å². The molecule has 0 aliphatic heterocycles. The number of aromatic nitrogens is 4. The second kappa shape index (κ2) is 9.84. The minimum Gasteiger partial charge on any atom is -0.328 e. The molecule has 2 heterocycles. The highest BCUT2D eigenvalue weighted by atomic mass is 32.2. The van der Waals surface area contributed by atoms with E-state index in [2.05, 4.69) is 34.3 Å². The predicted molar refractivity (Wildman–Crippen MR) is 122 cm³/mol. The van der Waals surface area contributed by atoms with Gasteiger partial charge in [0, 0.05) is 25.3 Å². The smallest absolute Gasteiger partial charge is 0.238 e. The fraction of sp³-hybridized carbons (Fsp3) is 0.500. The quantitative estimate of drug-likeness (QED) is 0.472. The summed E-state index contributed by atoms with van der Waals surface area (Å²) in [4.78, 5) is 17.1. The van der Waals surface area contributed by atoms with Gasteiger partial charge in [-0.15, -0.1) is 10.2 Å². The SMILES string of the molecule is CCCn1c(CCC(=O)Nc2nnc(C(CC)CC)s2)nc2cc(S(N)(=O)=O)ccc21. The number of sulfonamides is 1. The van der Waals surface area contributed by atoms with Crippen LogP contribution in [0.1, 0.15) is 63.2 Å². The Morgan fingerprint density at radius 3 is 2.61 bits per heavy atom. The maximum absolute atomic E-state index is 12.5. The number of rotatable bonds is 10. The first-order valence-electron chi connectivity index (χ1n) is 10.4. The molecule has 1 aromatic carbocycles. The van der Waals surface area contributed by atoms with Crippen molar-refractivity contribution in [2.45, 2.75) is 70.2 Å². The fourth-order valence-corrected chi connectivity index (χ4v) is 5.06. The Hall–Kier alpha value is -2.37. The summed E-state index contributed by atoms with van der Waals surface area (Å²) < 4.78 is 25.3. The first kappa shape index (κ1) is 23.3. The molecule has 0 spiro atoms. The average Bonchev–Trinajstić information content (AvgIpc) is 3.31. The van der Waals surface area contributed by atoms with Crippen LogP contribution in [0.5, 0.6) is 0 Å². The largest absolute Gasteiger partial charge is 0.328 e. The third-order valence-corrected chi connectivity index (χ3v) is 7.08. The highest BCUT2D eigenvalue weighted by Gasteiger charge is 2.17. The minimum absolute atomic E-state index is 0.0231. The number of amides is 1. The Morgan fingerprint density at radius 2 is 1.97 bits per heavy atom. The fourth-order valence-electron chi connectivity index (χ4n) is 3.50. The molecule has 0 unspecified atom stereocenters. The van der Waals surface area contributed by atoms with Crippen molar-refractivity contribution in [1.82, 2.24) is 19.7 Å². The number of hydrogen-bond acceptors (Lipinski definition) is 7. The van der Waals surface area contributed by atoms with Crippen LogP contribution in [-0.2, 0) is 27.8 Å². The summed E-state index contributed by atoms with van der Waals surface area (Å²) in [5, 5.41) is 17.8. The van der Waals surface area contributed by atoms with E-state index < -0.39 is 10.0 Å². The Kier molecular flexibility index (Phi) is 7.39. The lowest BCUT2D eigenvalue weighted by Gasteiger charge is -2.08. The van der Waals surface area contributed by atoms with Gasteiger partial charge in [-0.25, -0.2) is 18.5 Å². The van der Waals surface area contributed by atoms with Crippen LogP contribution in [0, 0.1) is 0 Å². The summed E-state index contributed by atoms with van der Waals surface area (Å²) >= 11 is 1.42. The molecule has 0 saturated carbocycles. The molecule has 9 nitrogen and oxygen atoms in total. The van der Waals surface area contributed by atoms with Crippen LogP contribution in [0.25, 0.3) is 11.0 Å². The average molecular weight is 465 g/mol. The Bertz CT molecular complexity index is 1170. The van der Waals surface area contributed by atoms with Crippen molar-refractivity contribution in [3.05, 3.63) is 29.0 Å². The summed E-state index contributed by atoms with van der Waals surface area (Å²) in [5.41, 5.74) is 1.37. The van der Waals surface area contributed by atoms with Crippen molar-refractivity contribution >= 4 is 43.4 Å². The lowest BCUT2D eigenvalue weighted by Crippen LogP contribution is -2.14. The summed E-state index contributed by atoms with van der Waals surface area (Å²) in [6.07, 6.45) is 3.50. The van der Waals surface area contributed by atoms with Crippen molar-refractivity contribution in [2.24, 2.45) is 5.14 Å². The number of hydrogen-bond donors (Lipinski definition) is 2. The maximum atomic E-state index is 12.5. The highest BCUT2D eigenvalue weighted by molar-refractivity contribution is 7.89. The molecule has 0 radical (unpaired) electrons. The van der Waals surface area contributed by atoms with Gasteiger partial charge >= 0.3 is 0 Å². The molecular weight excluding hydrogens is 436 g/mol. The van der Waals surface area contributed by atoms with Gasteiger partial charge in [0.15, 0.2) is 0 Å². The van der Waals surface area contributed by atoms with Crippen LogP contribution in [0.4, 0.5) is 5.13 Å². The third kappa shape index (κ3) is 5.46. The van der Waals surface area contributed by atoms with Gasteiger partial charge in [0.2, 0.25) is 21.1 Å². The molecule has 3 aromatic rings. The van der Waals surface area contributed by atoms with Gasteiger partial charge in [-0.05, 0) is 37.5 Å². The van der Waals surface area contributed by atoms with Gasteiger partial charge in [-0.2, -0.15) is 0 Å². The number of benzene rings is 1. The molecule has 0 aliphatic rings. The Labute approximate surface area is 186 Å². The monoisotopic (exact) mass is 464 g/mol. The van der Waals surface area contributed by atoms with E-state index in [1.54, 1.807) is 6.07 Å². The van der Waals surface area contributed by atoms with Crippen LogP contribution in [0.3, 0.4) is 0 Å². The van der Waals surface area contributed by atoms with Crippen LogP contribution >= 0.6 is 11.3 Å². The van der Waals surface area contributed by atoms with E-state index in [-0.39, 0.29) is 17.2 Å². The van der Waals surface area contributed by atoms with E-state index in [9.17, 15) is 13.2 Å². The number of imidazole rings is 1. The van der Waals surface area contributed by atoms with Gasteiger partial charge < -0.3 is 9.88 Å². The van der Waals surface area contributed by atoms with Crippen molar-refractivity contribution in [1.29, 1.82) is 0 Å². The van der Waals surface area contributed by atoms with E-state index in [0.29, 0.717) is 23.0 Å². The third-order valence-electron chi connectivity index (χ3n) is 5.17. The lowest BCUT2D eigenvalue weighted by atomic mass is 10.1. The topological polar surface area (TPSA) is 133 Å². The van der Waals surface area contributed by atoms with Gasteiger partial charge in [-0.3, -0.25) is 4.79 Å². The zero-order valence-corrected chi connectivity index (χ0v) is 19.6. The molecule has 0 saturated heterocycles. The van der Waals surface area contributed by atoms with E-state index in [1.165, 1.54) is 23.5 Å². The molecule has 3 rings (SSSR count). The minimum atomic E-state index is -3.80. The number of nitrogens with two attached hydrogens (primary N) is 1. The number of primary sulfonamides is 1. The van der Waals surface area contributed by atoms with Gasteiger partial charge in [0.25, 0.3) is 0 Å². The summed E-state index contributed by atoms with van der Waals surface area (Å²) in [6, 6.07) is 4.66. The molecule has 0 atom stereocenters. The molecule has 0 bridgehead atoms. The summed E-state index contributed by atoms with van der Waals surface area (Å²) in [6.45, 7) is 7.00. The molecular formula is C20H28N6O3S2. The Morgan fingerprint density at radius 1 is 1.23 bits per heavy atom. The highest BCUT2D eigenvalue weighted by Crippen LogP contribution is 2.28. The number of fused-ring (bicyclic) bond motifs is 1. The molecule has 3 N–H and O–H groups in total. The molecule has 0 fully saturated rings. The number of nitrogens with one attached hydrogen (secondary N) is 1. The van der Waals surface area contributed by atoms with Gasteiger partial charge in [0.05, 0.1) is 15.9 Å². The van der Waals surface area contributed by atoms with Crippen molar-refractivity contribution < 1.29 is 13.2 Å². The predicted octanol–water partition coefficient (Wildman–Crippen LogP) is 3.42. The van der Waals surface area contributed by atoms with E-state index in [4.69, 9.17) is 5.14 Å². The van der Waals surface area contributed by atoms with Crippen LogP contribution in [0.15, 0.2) is 23.1 Å². The zero-order chi connectivity index (χ0) is 22.6. The van der Waals surface area contributed by atoms with Gasteiger partial charge in [-0.1, -0.05) is 32.1 Å². The molecule has 11 heteroatoms. The molecule has 168 valence electrons. The number of carbonyl (C=O) groups is 1. The van der Waals surface area contributed by atoms with Crippen LogP contribution in [0.2, 0.25) is 0 Å². The van der Waals surface area contributed by atoms with Crippen LogP contribution in [-0.4, -0.2) is 34.1 Å². The lowest BCUT2D eigenvalue weighted by molar-refractivity contribution is -0.116. The first-order chi connectivity index (χ1) is 14.8. The van der Waals surface area contributed by atoms with Crippen molar-refractivity contribution in [3.8, 4) is 0 Å². The van der Waals surface area contributed by atoms with Crippen molar-refractivity contribution in [2.75, 3.05) is 5.32 Å². The normalized spacial score (nSPS) is 12.0. The summed E-state index contributed by atoms with van der Waals surface area (Å²) in [7, 11) is -3.80. The molecule has 0 aliphatic carbocycles. The number of carbonyl (C=O) groups excluding carboxylic acids is 1. The molecule has 31 heavy (non-hydrogen) atoms. The van der Waals surface area contributed by atoms with E-state index >= 15 is 0 Å². The number of aryl methyl sites for hydroxylation is 2. The molecule has 2 aromatic heterocycles. The standard InChI is InChI=1S/C20H28N6O3S2/c1-4-11-26-16-8-7-14(31(21,28)29)12-15(16)22-17(26)9-10-18(27)23-20-25-24-19(30-20)13(5-2)6-3/h7-8,12-13H,4-6,9-11H2,1-3H3,(H2,21,28,29)(H,23,25,27). The Balaban J connectivity index is 1.73. The van der Waals surface area contributed by atoms with Crippen LogP contribution < -0.4 is 10.5 Å². The first-order valence-corrected chi connectivity index (χ1v) is 12.8. The summed E-state index contributed by atoms with van der Waals surface area (Å²) in [5.74, 6) is 0.931. The number of nitrogens with zero attached hydrogens (tertiary/aromatic N) is 4. The second-order valence-electron chi connectivity index (χ2n) is 7.38. The molecule has 1 amide bonds. The second-order valence-corrected chi connectivity index (χ2v) is 9.95. The van der Waals surface area contributed by atoms with Gasteiger partial charge in [0.1, 0.15) is 10.8 Å². The number of anilines is 1. The van der Waals surface area contributed by atoms with Crippen molar-refractivity contribution in [3.63, 3.8) is 0 Å². The maximum Gasteiger partial charge on any atom is 0.238 e.